The molecule has 0 aliphatic carbocycles. The summed E-state index contributed by atoms with van der Waals surface area (Å²) >= 11 is 0. The number of ether oxygens (including phenoxy) is 2. The quantitative estimate of drug-likeness (QED) is 0.846. The number of hydrogen-bond donors (Lipinski definition) is 1. The highest BCUT2D eigenvalue weighted by molar-refractivity contribution is 5.37. The molecular weight excluding hydrogens is 271 g/mol. The molecule has 1 aromatic carbocycles. The molecule has 0 saturated carbocycles. The summed E-state index contributed by atoms with van der Waals surface area (Å²) in [7, 11) is 0. The van der Waals surface area contributed by atoms with Crippen molar-refractivity contribution in [2.24, 2.45) is 5.73 Å². The van der Waals surface area contributed by atoms with Crippen molar-refractivity contribution in [3.05, 3.63) is 29.3 Å². The van der Waals surface area contributed by atoms with Crippen LogP contribution in [0.2, 0.25) is 0 Å². The average Bonchev–Trinajstić information content (AvgIpc) is 2.25. The Labute approximate surface area is 116 Å². The van der Waals surface area contributed by atoms with E-state index in [-0.39, 0.29) is 17.8 Å². The van der Waals surface area contributed by atoms with Crippen LogP contribution in [-0.2, 0) is 16.8 Å². The lowest BCUT2D eigenvalue weighted by Crippen LogP contribution is -2.19. The summed E-state index contributed by atoms with van der Waals surface area (Å²) in [6.07, 6.45) is -4.70. The third-order valence-electron chi connectivity index (χ3n) is 2.60. The van der Waals surface area contributed by atoms with Gasteiger partial charge < -0.3 is 15.2 Å². The van der Waals surface area contributed by atoms with Crippen LogP contribution in [0.1, 0.15) is 31.9 Å². The minimum Gasteiger partial charge on any atom is -0.406 e. The number of halogens is 3. The molecule has 6 heteroatoms. The zero-order valence-electron chi connectivity index (χ0n) is 11.9. The summed E-state index contributed by atoms with van der Waals surface area (Å²) in [5.74, 6) is -0.226. The van der Waals surface area contributed by atoms with Gasteiger partial charge in [-0.25, -0.2) is 0 Å². The minimum absolute atomic E-state index is 0.204. The van der Waals surface area contributed by atoms with Crippen LogP contribution >= 0.6 is 0 Å². The summed E-state index contributed by atoms with van der Waals surface area (Å²) in [6.45, 7) is 6.69. The van der Waals surface area contributed by atoms with E-state index in [9.17, 15) is 13.2 Å². The van der Waals surface area contributed by atoms with Gasteiger partial charge in [0.05, 0.1) is 13.2 Å². The van der Waals surface area contributed by atoms with Crippen molar-refractivity contribution in [1.82, 2.24) is 0 Å². The Bertz CT molecular complexity index is 439. The average molecular weight is 291 g/mol. The van der Waals surface area contributed by atoms with E-state index >= 15 is 0 Å². The molecule has 0 atom stereocenters. The van der Waals surface area contributed by atoms with Crippen molar-refractivity contribution in [3.8, 4) is 5.75 Å². The molecule has 1 rings (SSSR count). The molecule has 0 unspecified atom stereocenters. The Kier molecular flexibility index (Phi) is 5.42. The fourth-order valence-electron chi connectivity index (χ4n) is 1.64. The van der Waals surface area contributed by atoms with Gasteiger partial charge in [0.1, 0.15) is 5.75 Å². The highest BCUT2D eigenvalue weighted by Gasteiger charge is 2.31. The van der Waals surface area contributed by atoms with Crippen molar-refractivity contribution >= 4 is 0 Å². The second-order valence-corrected chi connectivity index (χ2v) is 5.50. The lowest BCUT2D eigenvalue weighted by Gasteiger charge is -2.21. The zero-order valence-corrected chi connectivity index (χ0v) is 11.9. The molecule has 20 heavy (non-hydrogen) atoms. The van der Waals surface area contributed by atoms with Gasteiger partial charge in [0.25, 0.3) is 0 Å². The molecule has 0 aromatic heterocycles. The summed E-state index contributed by atoms with van der Waals surface area (Å²) < 4.78 is 46.3. The zero-order chi connectivity index (χ0) is 15.4. The van der Waals surface area contributed by atoms with Crippen LogP contribution in [0.4, 0.5) is 13.2 Å². The van der Waals surface area contributed by atoms with E-state index in [4.69, 9.17) is 10.5 Å². The second-order valence-electron chi connectivity index (χ2n) is 5.50. The molecule has 1 aromatic rings. The van der Waals surface area contributed by atoms with Gasteiger partial charge in [-0.2, -0.15) is 0 Å². The first-order valence-electron chi connectivity index (χ1n) is 6.30. The van der Waals surface area contributed by atoms with Crippen molar-refractivity contribution < 1.29 is 22.6 Å². The first kappa shape index (κ1) is 16.8. The fraction of sp³-hybridized carbons (Fsp3) is 0.571. The molecular formula is C14H20F3NO2. The van der Waals surface area contributed by atoms with E-state index in [2.05, 4.69) is 4.74 Å². The van der Waals surface area contributed by atoms with Gasteiger partial charge in [-0.1, -0.05) is 26.8 Å². The lowest BCUT2D eigenvalue weighted by molar-refractivity contribution is -0.274. The van der Waals surface area contributed by atoms with Gasteiger partial charge in [0.15, 0.2) is 0 Å². The smallest absolute Gasteiger partial charge is 0.406 e. The van der Waals surface area contributed by atoms with E-state index in [0.29, 0.717) is 18.7 Å². The van der Waals surface area contributed by atoms with Crippen molar-refractivity contribution in [3.63, 3.8) is 0 Å². The van der Waals surface area contributed by atoms with Crippen LogP contribution in [0.5, 0.6) is 5.75 Å². The number of nitrogens with two attached hydrogens (primary N) is 1. The molecule has 0 aliphatic rings. The number of alkyl halides is 3. The highest BCUT2D eigenvalue weighted by Crippen LogP contribution is 2.30. The van der Waals surface area contributed by atoms with E-state index in [0.717, 1.165) is 5.56 Å². The summed E-state index contributed by atoms with van der Waals surface area (Å²) in [6, 6.07) is 4.55. The van der Waals surface area contributed by atoms with Crippen LogP contribution in [0, 0.1) is 0 Å². The van der Waals surface area contributed by atoms with Crippen LogP contribution in [0.15, 0.2) is 18.2 Å². The SMILES string of the molecule is CC(C)(C)c1cc(COCCN)cc(OC(F)(F)F)c1. The van der Waals surface area contributed by atoms with Gasteiger partial charge in [-0.05, 0) is 28.7 Å². The third-order valence-corrected chi connectivity index (χ3v) is 2.60. The first-order chi connectivity index (χ1) is 9.12. The summed E-state index contributed by atoms with van der Waals surface area (Å²) in [5.41, 5.74) is 6.41. The number of benzene rings is 1. The van der Waals surface area contributed by atoms with E-state index in [1.165, 1.54) is 12.1 Å². The van der Waals surface area contributed by atoms with Crippen LogP contribution in [0.3, 0.4) is 0 Å². The standard InChI is InChI=1S/C14H20F3NO2/c1-13(2,3)11-6-10(9-19-5-4-18)7-12(8-11)20-14(15,16)17/h6-8H,4-5,9,18H2,1-3H3. The molecule has 3 nitrogen and oxygen atoms in total. The van der Waals surface area contributed by atoms with E-state index in [1.54, 1.807) is 0 Å². The van der Waals surface area contributed by atoms with Crippen molar-refractivity contribution in [1.29, 1.82) is 0 Å². The first-order valence-corrected chi connectivity index (χ1v) is 6.30. The minimum atomic E-state index is -4.70. The monoisotopic (exact) mass is 291 g/mol. The van der Waals surface area contributed by atoms with Gasteiger partial charge in [0, 0.05) is 6.54 Å². The maximum Gasteiger partial charge on any atom is 0.573 e. The van der Waals surface area contributed by atoms with Crippen LogP contribution in [0.25, 0.3) is 0 Å². The molecule has 114 valence electrons. The molecule has 0 saturated heterocycles. The Morgan fingerprint density at radius 2 is 1.75 bits per heavy atom. The maximum absolute atomic E-state index is 12.3. The topological polar surface area (TPSA) is 44.5 Å². The van der Waals surface area contributed by atoms with Crippen molar-refractivity contribution in [2.75, 3.05) is 13.2 Å². The predicted molar refractivity (Wildman–Crippen MR) is 70.5 cm³/mol. The largest absolute Gasteiger partial charge is 0.573 e. The Balaban J connectivity index is 3.02. The van der Waals surface area contributed by atoms with Crippen LogP contribution < -0.4 is 10.5 Å². The molecule has 0 heterocycles. The third kappa shape index (κ3) is 5.79. The molecule has 0 fully saturated rings. The van der Waals surface area contributed by atoms with Gasteiger partial charge in [-0.15, -0.1) is 13.2 Å². The molecule has 0 bridgehead atoms. The fourth-order valence-corrected chi connectivity index (χ4v) is 1.64. The van der Waals surface area contributed by atoms with E-state index < -0.39 is 6.36 Å². The second kappa shape index (κ2) is 6.45. The highest BCUT2D eigenvalue weighted by atomic mass is 19.4. The molecule has 2 N–H and O–H groups in total. The molecule has 0 amide bonds. The Morgan fingerprint density at radius 1 is 1.10 bits per heavy atom. The molecule has 0 aliphatic heterocycles. The maximum atomic E-state index is 12.3. The predicted octanol–water partition coefficient (Wildman–Crippen LogP) is 3.36. The van der Waals surface area contributed by atoms with Crippen LogP contribution in [-0.4, -0.2) is 19.5 Å². The molecule has 0 radical (unpaired) electrons. The number of hydrogen-bond acceptors (Lipinski definition) is 3. The van der Waals surface area contributed by atoms with Gasteiger partial charge >= 0.3 is 6.36 Å². The van der Waals surface area contributed by atoms with E-state index in [1.807, 2.05) is 26.8 Å². The van der Waals surface area contributed by atoms with Gasteiger partial charge in [0.2, 0.25) is 0 Å². The van der Waals surface area contributed by atoms with Crippen molar-refractivity contribution in [2.45, 2.75) is 39.2 Å². The van der Waals surface area contributed by atoms with Gasteiger partial charge in [-0.3, -0.25) is 0 Å². The number of rotatable bonds is 5. The lowest BCUT2D eigenvalue weighted by atomic mass is 9.86. The Morgan fingerprint density at radius 3 is 2.25 bits per heavy atom. The normalized spacial score (nSPS) is 12.6. The molecule has 0 spiro atoms. The Hall–Kier alpha value is -1.27. The summed E-state index contributed by atoms with van der Waals surface area (Å²) in [4.78, 5) is 0. The summed E-state index contributed by atoms with van der Waals surface area (Å²) in [5, 5.41) is 0.